The van der Waals surface area contributed by atoms with E-state index in [1.807, 2.05) is 47.4 Å². The fraction of sp³-hybridized carbons (Fsp3) is 0.364. The quantitative estimate of drug-likeness (QED) is 0.561. The maximum Gasteiger partial charge on any atom is 0.410 e. The highest BCUT2D eigenvalue weighted by Gasteiger charge is 2.38. The van der Waals surface area contributed by atoms with Crippen LogP contribution >= 0.6 is 24.0 Å². The number of hydrogen-bond acceptors (Lipinski definition) is 4. The minimum Gasteiger partial charge on any atom is -0.439 e. The van der Waals surface area contributed by atoms with Crippen molar-refractivity contribution in [3.05, 3.63) is 60.2 Å². The summed E-state index contributed by atoms with van der Waals surface area (Å²) < 4.78 is 5.62. The van der Waals surface area contributed by atoms with Gasteiger partial charge in [0.25, 0.3) is 0 Å². The first-order chi connectivity index (χ1) is 14.2. The fourth-order valence-corrected chi connectivity index (χ4v) is 4.79. The van der Waals surface area contributed by atoms with Crippen molar-refractivity contribution in [2.45, 2.75) is 29.9 Å². The van der Waals surface area contributed by atoms with Gasteiger partial charge in [-0.25, -0.2) is 4.79 Å². The summed E-state index contributed by atoms with van der Waals surface area (Å²) in [5.74, 6) is 0. The van der Waals surface area contributed by atoms with Gasteiger partial charge in [0.15, 0.2) is 5.11 Å². The van der Waals surface area contributed by atoms with Gasteiger partial charge in [-0.05, 0) is 49.0 Å². The first kappa shape index (κ1) is 20.0. The summed E-state index contributed by atoms with van der Waals surface area (Å²) in [6.07, 6.45) is 3.47. The second-order valence-corrected chi connectivity index (χ2v) is 8.52. The zero-order chi connectivity index (χ0) is 20.2. The molecule has 4 rings (SSSR count). The molecule has 5 nitrogen and oxygen atoms in total. The molecule has 2 saturated heterocycles. The number of carbonyl (C=O) groups is 1. The smallest absolute Gasteiger partial charge is 0.410 e. The number of amides is 1. The highest BCUT2D eigenvalue weighted by molar-refractivity contribution is 7.98. The van der Waals surface area contributed by atoms with Crippen LogP contribution in [-0.2, 0) is 4.74 Å². The van der Waals surface area contributed by atoms with Crippen LogP contribution in [-0.4, -0.2) is 52.9 Å². The van der Waals surface area contributed by atoms with E-state index >= 15 is 0 Å². The monoisotopic (exact) mass is 427 g/mol. The summed E-state index contributed by atoms with van der Waals surface area (Å²) in [4.78, 5) is 17.7. The first-order valence-electron chi connectivity index (χ1n) is 9.87. The average molecular weight is 428 g/mol. The van der Waals surface area contributed by atoms with Crippen LogP contribution < -0.4 is 5.32 Å². The van der Waals surface area contributed by atoms with E-state index in [1.165, 1.54) is 4.90 Å². The van der Waals surface area contributed by atoms with Crippen LogP contribution in [0.4, 0.5) is 10.5 Å². The van der Waals surface area contributed by atoms with E-state index in [4.69, 9.17) is 17.0 Å². The van der Waals surface area contributed by atoms with Gasteiger partial charge in [0.2, 0.25) is 0 Å². The maximum atomic E-state index is 12.4. The van der Waals surface area contributed by atoms with Crippen LogP contribution in [0.2, 0.25) is 0 Å². The normalized spacial score (nSPS) is 19.9. The van der Waals surface area contributed by atoms with Crippen LogP contribution in [0.15, 0.2) is 59.5 Å². The molecule has 0 saturated carbocycles. The van der Waals surface area contributed by atoms with E-state index in [0.29, 0.717) is 6.54 Å². The number of ether oxygens (including phenoxy) is 1. The molecule has 1 atom stereocenters. The summed E-state index contributed by atoms with van der Waals surface area (Å²) in [5, 5.41) is 4.13. The van der Waals surface area contributed by atoms with E-state index in [1.54, 1.807) is 11.8 Å². The Kier molecular flexibility index (Phi) is 6.25. The Morgan fingerprint density at radius 2 is 1.79 bits per heavy atom. The zero-order valence-corrected chi connectivity index (χ0v) is 18.0. The van der Waals surface area contributed by atoms with Gasteiger partial charge in [-0.3, -0.25) is 0 Å². The largest absolute Gasteiger partial charge is 0.439 e. The number of nitrogens with one attached hydrogen (secondary N) is 1. The third-order valence-electron chi connectivity index (χ3n) is 5.55. The molecule has 0 bridgehead atoms. The average Bonchev–Trinajstić information content (AvgIpc) is 3.16. The third kappa shape index (κ3) is 4.51. The molecule has 2 fully saturated rings. The molecule has 2 aliphatic rings. The number of carbonyl (C=O) groups excluding carboxylic acids is 1. The zero-order valence-electron chi connectivity index (χ0n) is 16.4. The number of piperidine rings is 1. The van der Waals surface area contributed by atoms with E-state index in [9.17, 15) is 4.79 Å². The van der Waals surface area contributed by atoms with Crippen LogP contribution in [0.5, 0.6) is 0 Å². The van der Waals surface area contributed by atoms with E-state index in [0.717, 1.165) is 42.3 Å². The SMILES string of the molecule is CSc1ccccc1NC(=S)N1CCC(N2CC(c3ccccc3)OC2=O)CC1. The second-order valence-electron chi connectivity index (χ2n) is 7.28. The van der Waals surface area contributed by atoms with Gasteiger partial charge >= 0.3 is 6.09 Å². The molecule has 0 spiro atoms. The number of rotatable bonds is 4. The lowest BCUT2D eigenvalue weighted by atomic mass is 10.0. The molecule has 2 aliphatic heterocycles. The standard InChI is InChI=1S/C22H25N3O2S2/c1-29-20-10-6-5-9-18(20)23-21(28)24-13-11-17(12-14-24)25-15-19(27-22(25)26)16-7-3-2-4-8-16/h2-10,17,19H,11-15H2,1H3,(H,23,28). The van der Waals surface area contributed by atoms with E-state index in [-0.39, 0.29) is 18.2 Å². The minimum absolute atomic E-state index is 0.174. The third-order valence-corrected chi connectivity index (χ3v) is 6.71. The van der Waals surface area contributed by atoms with Crippen LogP contribution in [0.1, 0.15) is 24.5 Å². The fourth-order valence-electron chi connectivity index (χ4n) is 3.94. The minimum atomic E-state index is -0.202. The molecule has 7 heteroatoms. The van der Waals surface area contributed by atoms with Crippen LogP contribution in [0.3, 0.4) is 0 Å². The van der Waals surface area contributed by atoms with E-state index < -0.39 is 0 Å². The Morgan fingerprint density at radius 3 is 2.52 bits per heavy atom. The van der Waals surface area contributed by atoms with Crippen molar-refractivity contribution in [1.82, 2.24) is 9.80 Å². The van der Waals surface area contributed by atoms with Crippen molar-refractivity contribution in [2.24, 2.45) is 0 Å². The van der Waals surface area contributed by atoms with Crippen LogP contribution in [0.25, 0.3) is 0 Å². The van der Waals surface area contributed by atoms with Crippen molar-refractivity contribution < 1.29 is 9.53 Å². The molecule has 2 aromatic rings. The summed E-state index contributed by atoms with van der Waals surface area (Å²) in [5.41, 5.74) is 2.10. The molecule has 152 valence electrons. The number of anilines is 1. The molecule has 2 heterocycles. The van der Waals surface area contributed by atoms with Crippen molar-refractivity contribution >= 4 is 40.9 Å². The Balaban J connectivity index is 1.32. The molecule has 1 unspecified atom stereocenters. The van der Waals surface area contributed by atoms with E-state index in [2.05, 4.69) is 28.6 Å². The number of hydrogen-bond donors (Lipinski definition) is 1. The maximum absolute atomic E-state index is 12.4. The summed E-state index contributed by atoms with van der Waals surface area (Å²) in [6.45, 7) is 2.28. The Hall–Kier alpha value is -2.25. The molecule has 0 aliphatic carbocycles. The van der Waals surface area contributed by atoms with Gasteiger partial charge in [-0.1, -0.05) is 42.5 Å². The Morgan fingerprint density at radius 1 is 1.10 bits per heavy atom. The van der Waals surface area contributed by atoms with Crippen molar-refractivity contribution in [2.75, 3.05) is 31.2 Å². The molecule has 0 radical (unpaired) electrons. The molecule has 29 heavy (non-hydrogen) atoms. The molecule has 0 aromatic heterocycles. The molecule has 2 aromatic carbocycles. The Bertz CT molecular complexity index is 869. The number of para-hydroxylation sites is 1. The summed E-state index contributed by atoms with van der Waals surface area (Å²) in [6, 6.07) is 18.3. The lowest BCUT2D eigenvalue weighted by Crippen LogP contribution is -2.48. The second kappa shape index (κ2) is 9.05. The van der Waals surface area contributed by atoms with Gasteiger partial charge in [-0.2, -0.15) is 0 Å². The lowest BCUT2D eigenvalue weighted by molar-refractivity contribution is 0.120. The first-order valence-corrected chi connectivity index (χ1v) is 11.5. The number of nitrogens with zero attached hydrogens (tertiary/aromatic N) is 2. The number of thiocarbonyl (C=S) groups is 1. The number of likely N-dealkylation sites (tertiary alicyclic amines) is 1. The van der Waals surface area contributed by atoms with Crippen molar-refractivity contribution in [3.63, 3.8) is 0 Å². The van der Waals surface area contributed by atoms with Crippen LogP contribution in [0, 0.1) is 0 Å². The molecule has 1 amide bonds. The predicted molar refractivity (Wildman–Crippen MR) is 121 cm³/mol. The van der Waals surface area contributed by atoms with Gasteiger partial charge in [0.05, 0.1) is 12.2 Å². The Labute approximate surface area is 181 Å². The highest BCUT2D eigenvalue weighted by Crippen LogP contribution is 2.31. The van der Waals surface area contributed by atoms with Gasteiger partial charge in [0, 0.05) is 24.0 Å². The number of thioether (sulfide) groups is 1. The molecule has 1 N–H and O–H groups in total. The summed E-state index contributed by atoms with van der Waals surface area (Å²) in [7, 11) is 0. The van der Waals surface area contributed by atoms with Crippen molar-refractivity contribution in [3.8, 4) is 0 Å². The predicted octanol–water partition coefficient (Wildman–Crippen LogP) is 4.76. The number of benzene rings is 2. The molecular weight excluding hydrogens is 402 g/mol. The summed E-state index contributed by atoms with van der Waals surface area (Å²) >= 11 is 7.34. The van der Waals surface area contributed by atoms with Gasteiger partial charge in [-0.15, -0.1) is 11.8 Å². The highest BCUT2D eigenvalue weighted by atomic mass is 32.2. The lowest BCUT2D eigenvalue weighted by Gasteiger charge is -2.37. The van der Waals surface area contributed by atoms with Gasteiger partial charge < -0.3 is 19.9 Å². The van der Waals surface area contributed by atoms with Crippen molar-refractivity contribution in [1.29, 1.82) is 0 Å². The van der Waals surface area contributed by atoms with Gasteiger partial charge in [0.1, 0.15) is 6.10 Å². The molecular formula is C22H25N3O2S2. The number of cyclic esters (lactones) is 1. The topological polar surface area (TPSA) is 44.8 Å².